The number of thiophene rings is 1. The van der Waals surface area contributed by atoms with E-state index in [4.69, 9.17) is 14.2 Å². The summed E-state index contributed by atoms with van der Waals surface area (Å²) in [6, 6.07) is 12.1. The van der Waals surface area contributed by atoms with Gasteiger partial charge in [-0.3, -0.25) is 4.79 Å². The highest BCUT2D eigenvalue weighted by molar-refractivity contribution is 7.12. The lowest BCUT2D eigenvalue weighted by molar-refractivity contribution is -0.137. The van der Waals surface area contributed by atoms with Gasteiger partial charge in [-0.2, -0.15) is 18.3 Å². The van der Waals surface area contributed by atoms with Gasteiger partial charge in [-0.15, -0.1) is 11.3 Å². The molecular weight excluding hydrogens is 561 g/mol. The van der Waals surface area contributed by atoms with Gasteiger partial charge in [-0.1, -0.05) is 12.1 Å². The SMILES string of the molecule is COCCN(CC(=O)N1N=C(c2cccs2)C[C@H]1c1ccc(OC)c(OC)c1)C(=O)Nc1ccc(C(F)(F)F)cc1. The van der Waals surface area contributed by atoms with Crippen LogP contribution in [0.3, 0.4) is 0 Å². The number of amides is 3. The maximum Gasteiger partial charge on any atom is 0.416 e. The van der Waals surface area contributed by atoms with Crippen molar-refractivity contribution in [1.29, 1.82) is 0 Å². The van der Waals surface area contributed by atoms with Gasteiger partial charge < -0.3 is 24.4 Å². The van der Waals surface area contributed by atoms with E-state index in [2.05, 4.69) is 10.4 Å². The molecule has 1 aromatic heterocycles. The van der Waals surface area contributed by atoms with Crippen LogP contribution in [-0.2, 0) is 15.7 Å². The topological polar surface area (TPSA) is 92.7 Å². The Morgan fingerprint density at radius 3 is 2.41 bits per heavy atom. The first kappa shape index (κ1) is 29.9. The Morgan fingerprint density at radius 1 is 1.07 bits per heavy atom. The number of ether oxygens (including phenoxy) is 3. The van der Waals surface area contributed by atoms with Crippen LogP contribution in [0.1, 0.15) is 28.5 Å². The first-order chi connectivity index (χ1) is 19.6. The molecule has 1 N–H and O–H groups in total. The van der Waals surface area contributed by atoms with Crippen molar-refractivity contribution in [1.82, 2.24) is 9.91 Å². The molecule has 0 saturated heterocycles. The molecule has 1 aliphatic rings. The number of hydrogen-bond acceptors (Lipinski definition) is 7. The Bertz CT molecular complexity index is 1380. The monoisotopic (exact) mass is 590 g/mol. The van der Waals surface area contributed by atoms with Crippen LogP contribution in [0, 0.1) is 0 Å². The number of alkyl halides is 3. The van der Waals surface area contributed by atoms with E-state index in [1.807, 2.05) is 23.6 Å². The normalized spacial score (nSPS) is 14.9. The Kier molecular flexibility index (Phi) is 9.50. The fourth-order valence-electron chi connectivity index (χ4n) is 4.29. The van der Waals surface area contributed by atoms with Crippen molar-refractivity contribution >= 4 is 34.7 Å². The fourth-order valence-corrected chi connectivity index (χ4v) is 5.01. The van der Waals surface area contributed by atoms with Gasteiger partial charge in [0.1, 0.15) is 6.54 Å². The van der Waals surface area contributed by atoms with Gasteiger partial charge >= 0.3 is 12.2 Å². The van der Waals surface area contributed by atoms with Crippen molar-refractivity contribution in [2.24, 2.45) is 5.10 Å². The van der Waals surface area contributed by atoms with Crippen LogP contribution in [-0.4, -0.2) is 68.6 Å². The number of urea groups is 1. The number of nitrogens with zero attached hydrogens (tertiary/aromatic N) is 3. The second-order valence-electron chi connectivity index (χ2n) is 9.02. The van der Waals surface area contributed by atoms with Gasteiger partial charge in [0.25, 0.3) is 5.91 Å². The van der Waals surface area contributed by atoms with E-state index >= 15 is 0 Å². The molecule has 0 bridgehead atoms. The summed E-state index contributed by atoms with van der Waals surface area (Å²) >= 11 is 1.50. The van der Waals surface area contributed by atoms with E-state index in [1.54, 1.807) is 12.1 Å². The Hall–Kier alpha value is -4.10. The minimum atomic E-state index is -4.50. The summed E-state index contributed by atoms with van der Waals surface area (Å²) in [7, 11) is 4.51. The van der Waals surface area contributed by atoms with Crippen molar-refractivity contribution < 1.29 is 37.0 Å². The minimum Gasteiger partial charge on any atom is -0.493 e. The van der Waals surface area contributed by atoms with Gasteiger partial charge in [0, 0.05) is 25.8 Å². The second-order valence-corrected chi connectivity index (χ2v) is 9.96. The maximum atomic E-state index is 13.7. The van der Waals surface area contributed by atoms with Crippen LogP contribution in [0.5, 0.6) is 11.5 Å². The molecule has 0 saturated carbocycles. The molecule has 3 amide bonds. The van der Waals surface area contributed by atoms with Gasteiger partial charge in [0.2, 0.25) is 0 Å². The number of methoxy groups -OCH3 is 3. The van der Waals surface area contributed by atoms with Gasteiger partial charge in [-0.25, -0.2) is 9.80 Å². The molecule has 1 atom stereocenters. The number of carbonyl (C=O) groups excluding carboxylic acids is 2. The summed E-state index contributed by atoms with van der Waals surface area (Å²) in [5, 5.41) is 10.5. The van der Waals surface area contributed by atoms with E-state index < -0.39 is 29.7 Å². The molecule has 2 heterocycles. The summed E-state index contributed by atoms with van der Waals surface area (Å²) in [4.78, 5) is 28.9. The van der Waals surface area contributed by atoms with Crippen LogP contribution >= 0.6 is 11.3 Å². The molecule has 13 heteroatoms. The highest BCUT2D eigenvalue weighted by Gasteiger charge is 2.35. The van der Waals surface area contributed by atoms with Crippen LogP contribution < -0.4 is 14.8 Å². The molecule has 3 aromatic rings. The molecule has 0 spiro atoms. The fraction of sp³-hybridized carbons (Fsp3) is 0.321. The summed E-state index contributed by atoms with van der Waals surface area (Å²) < 4.78 is 54.7. The number of halogens is 3. The van der Waals surface area contributed by atoms with Crippen molar-refractivity contribution in [2.45, 2.75) is 18.6 Å². The van der Waals surface area contributed by atoms with Crippen LogP contribution in [0.25, 0.3) is 0 Å². The number of nitrogens with one attached hydrogen (secondary N) is 1. The zero-order chi connectivity index (χ0) is 29.6. The number of rotatable bonds is 10. The Morgan fingerprint density at radius 2 is 1.80 bits per heavy atom. The van der Waals surface area contributed by atoms with Crippen molar-refractivity contribution in [3.63, 3.8) is 0 Å². The number of hydrogen-bond donors (Lipinski definition) is 1. The van der Waals surface area contributed by atoms with Crippen molar-refractivity contribution in [3.05, 3.63) is 76.0 Å². The summed E-state index contributed by atoms with van der Waals surface area (Å²) in [6.07, 6.45) is -4.06. The molecule has 41 heavy (non-hydrogen) atoms. The largest absolute Gasteiger partial charge is 0.493 e. The molecular formula is C28H29F3N4O5S. The maximum absolute atomic E-state index is 13.7. The average molecular weight is 591 g/mol. The van der Waals surface area contributed by atoms with Crippen molar-refractivity contribution in [3.8, 4) is 11.5 Å². The van der Waals surface area contributed by atoms with Gasteiger partial charge in [0.05, 0.1) is 43.0 Å². The molecule has 0 aliphatic carbocycles. The number of anilines is 1. The van der Waals surface area contributed by atoms with Crippen molar-refractivity contribution in [2.75, 3.05) is 46.3 Å². The predicted octanol–water partition coefficient (Wildman–Crippen LogP) is 5.64. The molecule has 1 aliphatic heterocycles. The van der Waals surface area contributed by atoms with Gasteiger partial charge in [0.15, 0.2) is 11.5 Å². The Labute approximate surface area is 239 Å². The van der Waals surface area contributed by atoms with E-state index in [9.17, 15) is 22.8 Å². The number of benzene rings is 2. The third-order valence-electron chi connectivity index (χ3n) is 6.41. The molecule has 218 valence electrons. The van der Waals surface area contributed by atoms with Gasteiger partial charge in [-0.05, 0) is 53.4 Å². The molecule has 0 fully saturated rings. The zero-order valence-corrected chi connectivity index (χ0v) is 23.4. The van der Waals surface area contributed by atoms with E-state index in [-0.39, 0.29) is 25.4 Å². The second kappa shape index (κ2) is 13.0. The predicted molar refractivity (Wildman–Crippen MR) is 149 cm³/mol. The first-order valence-electron chi connectivity index (χ1n) is 12.5. The molecule has 9 nitrogen and oxygen atoms in total. The smallest absolute Gasteiger partial charge is 0.416 e. The third-order valence-corrected chi connectivity index (χ3v) is 7.32. The minimum absolute atomic E-state index is 0.0606. The lowest BCUT2D eigenvalue weighted by atomic mass is 10.0. The van der Waals surface area contributed by atoms with Crippen LogP contribution in [0.2, 0.25) is 0 Å². The lowest BCUT2D eigenvalue weighted by Crippen LogP contribution is -2.44. The first-order valence-corrected chi connectivity index (χ1v) is 13.4. The standard InChI is InChI=1S/C28H29F3N4O5S/c1-38-13-12-34(27(37)32-20-9-7-19(8-10-20)28(29,30)31)17-26(36)35-22(16-21(33-35)25-5-4-14-41-25)18-6-11-23(39-2)24(15-18)40-3/h4-11,14-15,22H,12-13,16-17H2,1-3H3,(H,32,37)/t22-/m0/s1. The Balaban J connectivity index is 1.57. The molecule has 0 radical (unpaired) electrons. The van der Waals surface area contributed by atoms with E-state index in [0.717, 1.165) is 40.4 Å². The number of hydrazone groups is 1. The summed E-state index contributed by atoms with van der Waals surface area (Å²) in [5.74, 6) is 0.590. The molecule has 4 rings (SSSR count). The third kappa shape index (κ3) is 7.16. The lowest BCUT2D eigenvalue weighted by Gasteiger charge is -2.27. The van der Waals surface area contributed by atoms with Crippen LogP contribution in [0.4, 0.5) is 23.7 Å². The highest BCUT2D eigenvalue weighted by atomic mass is 32.1. The quantitative estimate of drug-likeness (QED) is 0.330. The molecule has 2 aromatic carbocycles. The average Bonchev–Trinajstić information content (AvgIpc) is 3.65. The summed E-state index contributed by atoms with van der Waals surface area (Å²) in [5.41, 5.74) is 0.812. The van der Waals surface area contributed by atoms with E-state index in [0.29, 0.717) is 17.9 Å². The zero-order valence-electron chi connectivity index (χ0n) is 22.6. The number of carbonyl (C=O) groups is 2. The van der Waals surface area contributed by atoms with Crippen LogP contribution in [0.15, 0.2) is 65.1 Å². The highest BCUT2D eigenvalue weighted by Crippen LogP contribution is 2.38. The summed E-state index contributed by atoms with van der Waals surface area (Å²) in [6.45, 7) is -0.150. The molecule has 0 unspecified atom stereocenters. The van der Waals surface area contributed by atoms with E-state index in [1.165, 1.54) is 42.6 Å².